The number of hydrogen-bond donors (Lipinski definition) is 0. The van der Waals surface area contributed by atoms with Crippen molar-refractivity contribution < 1.29 is 0 Å². The second-order valence-corrected chi connectivity index (χ2v) is 12.6. The van der Waals surface area contributed by atoms with Gasteiger partial charge in [0.05, 0.1) is 11.4 Å². The molecule has 0 saturated carbocycles. The third-order valence-electron chi connectivity index (χ3n) is 5.56. The SMILES string of the molecule is CC(C)(C)c1cc([N]c2cc(C(C)(C)C)cc(C(C)(C)C)c2)cc(C(C)(C)C)c1. The summed E-state index contributed by atoms with van der Waals surface area (Å²) in [5.41, 5.74) is 7.83. The summed E-state index contributed by atoms with van der Waals surface area (Å²) in [6.45, 7) is 27.3. The summed E-state index contributed by atoms with van der Waals surface area (Å²) >= 11 is 0. The monoisotopic (exact) mass is 392 g/mol. The van der Waals surface area contributed by atoms with E-state index in [4.69, 9.17) is 5.32 Å². The Balaban J connectivity index is 2.61. The standard InChI is InChI=1S/C28H42N/c1-25(2,3)19-13-20(26(4,5)6)16-23(15-19)29-24-17-21(27(7,8)9)14-22(18-24)28(10,11)12/h13-18H,1-12H3. The lowest BCUT2D eigenvalue weighted by Gasteiger charge is -2.27. The van der Waals surface area contributed by atoms with Gasteiger partial charge in [0.2, 0.25) is 0 Å². The molecule has 0 aliphatic rings. The predicted molar refractivity (Wildman–Crippen MR) is 129 cm³/mol. The zero-order valence-electron chi connectivity index (χ0n) is 20.9. The maximum absolute atomic E-state index is 5.14. The van der Waals surface area contributed by atoms with Gasteiger partial charge in [-0.3, -0.25) is 0 Å². The van der Waals surface area contributed by atoms with E-state index in [1.54, 1.807) is 0 Å². The molecule has 29 heavy (non-hydrogen) atoms. The van der Waals surface area contributed by atoms with Crippen molar-refractivity contribution in [1.29, 1.82) is 0 Å². The van der Waals surface area contributed by atoms with Crippen molar-refractivity contribution in [2.45, 2.75) is 105 Å². The van der Waals surface area contributed by atoms with Gasteiger partial charge in [0.25, 0.3) is 0 Å². The van der Waals surface area contributed by atoms with Crippen molar-refractivity contribution in [2.24, 2.45) is 0 Å². The molecular formula is C28H42N. The molecular weight excluding hydrogens is 350 g/mol. The van der Waals surface area contributed by atoms with Gasteiger partial charge in [0.1, 0.15) is 0 Å². The average molecular weight is 393 g/mol. The predicted octanol–water partition coefficient (Wildman–Crippen LogP) is 8.44. The Labute approximate surface area is 180 Å². The van der Waals surface area contributed by atoms with E-state index >= 15 is 0 Å². The Morgan fingerprint density at radius 3 is 0.759 bits per heavy atom. The van der Waals surface area contributed by atoms with Crippen LogP contribution >= 0.6 is 0 Å². The molecule has 2 rings (SSSR count). The highest BCUT2D eigenvalue weighted by molar-refractivity contribution is 5.56. The van der Waals surface area contributed by atoms with E-state index in [-0.39, 0.29) is 21.7 Å². The highest BCUT2D eigenvalue weighted by Crippen LogP contribution is 2.36. The molecule has 2 aromatic rings. The first-order chi connectivity index (χ1) is 12.9. The van der Waals surface area contributed by atoms with Gasteiger partial charge in [0, 0.05) is 0 Å². The summed E-state index contributed by atoms with van der Waals surface area (Å²) in [5.74, 6) is 0. The van der Waals surface area contributed by atoms with Crippen LogP contribution in [-0.4, -0.2) is 0 Å². The van der Waals surface area contributed by atoms with E-state index < -0.39 is 0 Å². The van der Waals surface area contributed by atoms with Crippen LogP contribution in [-0.2, 0) is 21.7 Å². The first-order valence-corrected chi connectivity index (χ1v) is 10.9. The molecule has 1 radical (unpaired) electrons. The molecule has 0 aliphatic carbocycles. The quantitative estimate of drug-likeness (QED) is 0.487. The fraction of sp³-hybridized carbons (Fsp3) is 0.571. The van der Waals surface area contributed by atoms with Crippen molar-refractivity contribution >= 4 is 11.4 Å². The van der Waals surface area contributed by atoms with Gasteiger partial charge in [-0.2, -0.15) is 0 Å². The third-order valence-corrected chi connectivity index (χ3v) is 5.56. The number of nitrogens with zero attached hydrogens (tertiary/aromatic N) is 1. The molecule has 0 bridgehead atoms. The Kier molecular flexibility index (Phi) is 6.07. The first kappa shape index (κ1) is 23.5. The molecule has 2 aromatic carbocycles. The molecule has 159 valence electrons. The summed E-state index contributed by atoms with van der Waals surface area (Å²) in [7, 11) is 0. The molecule has 0 atom stereocenters. The van der Waals surface area contributed by atoms with Crippen LogP contribution in [0, 0.1) is 0 Å². The maximum atomic E-state index is 5.14. The lowest BCUT2D eigenvalue weighted by atomic mass is 9.80. The number of rotatable bonds is 2. The van der Waals surface area contributed by atoms with Gasteiger partial charge in [-0.15, -0.1) is 0 Å². The van der Waals surface area contributed by atoms with Crippen LogP contribution in [0.2, 0.25) is 0 Å². The Bertz CT molecular complexity index is 721. The molecule has 1 nitrogen and oxygen atoms in total. The summed E-state index contributed by atoms with van der Waals surface area (Å²) in [6, 6.07) is 13.7. The smallest absolute Gasteiger partial charge is 0.0642 e. The third kappa shape index (κ3) is 6.11. The molecule has 0 fully saturated rings. The topological polar surface area (TPSA) is 14.1 Å². The minimum absolute atomic E-state index is 0.0926. The Morgan fingerprint density at radius 2 is 0.586 bits per heavy atom. The van der Waals surface area contributed by atoms with E-state index in [0.717, 1.165) is 11.4 Å². The molecule has 0 unspecified atom stereocenters. The van der Waals surface area contributed by atoms with Crippen molar-refractivity contribution in [2.75, 3.05) is 0 Å². The highest BCUT2D eigenvalue weighted by atomic mass is 14.9. The van der Waals surface area contributed by atoms with Gasteiger partial charge < -0.3 is 0 Å². The number of benzene rings is 2. The van der Waals surface area contributed by atoms with Gasteiger partial charge in [0.15, 0.2) is 0 Å². The van der Waals surface area contributed by atoms with Crippen molar-refractivity contribution in [3.8, 4) is 0 Å². The molecule has 0 aromatic heterocycles. The lowest BCUT2D eigenvalue weighted by Crippen LogP contribution is -2.17. The van der Waals surface area contributed by atoms with Gasteiger partial charge in [-0.05, 0) is 68.2 Å². The minimum atomic E-state index is 0.0926. The zero-order valence-corrected chi connectivity index (χ0v) is 20.9. The molecule has 0 aliphatic heterocycles. The van der Waals surface area contributed by atoms with Crippen LogP contribution in [0.25, 0.3) is 0 Å². The maximum Gasteiger partial charge on any atom is 0.0642 e. The molecule has 1 heteroatoms. The van der Waals surface area contributed by atoms with Crippen LogP contribution in [0.3, 0.4) is 0 Å². The highest BCUT2D eigenvalue weighted by Gasteiger charge is 2.23. The van der Waals surface area contributed by atoms with E-state index in [2.05, 4.69) is 119 Å². The minimum Gasteiger partial charge on any atom is -0.249 e. The first-order valence-electron chi connectivity index (χ1n) is 10.9. The second-order valence-electron chi connectivity index (χ2n) is 12.6. The Hall–Kier alpha value is -1.76. The van der Waals surface area contributed by atoms with Crippen molar-refractivity contribution in [1.82, 2.24) is 5.32 Å². The lowest BCUT2D eigenvalue weighted by molar-refractivity contribution is 0.567. The van der Waals surface area contributed by atoms with Crippen LogP contribution in [0.5, 0.6) is 0 Å². The fourth-order valence-electron chi connectivity index (χ4n) is 3.23. The molecule has 0 heterocycles. The summed E-state index contributed by atoms with van der Waals surface area (Å²) in [6.07, 6.45) is 0. The molecule has 0 amide bonds. The van der Waals surface area contributed by atoms with E-state index in [9.17, 15) is 0 Å². The van der Waals surface area contributed by atoms with Crippen molar-refractivity contribution in [3.63, 3.8) is 0 Å². The molecule has 0 saturated heterocycles. The second kappa shape index (κ2) is 7.49. The summed E-state index contributed by atoms with van der Waals surface area (Å²) < 4.78 is 0. The van der Waals surface area contributed by atoms with E-state index in [1.807, 2.05) is 0 Å². The Morgan fingerprint density at radius 1 is 0.379 bits per heavy atom. The summed E-state index contributed by atoms with van der Waals surface area (Å²) in [4.78, 5) is 0. The van der Waals surface area contributed by atoms with Crippen molar-refractivity contribution in [3.05, 3.63) is 58.7 Å². The van der Waals surface area contributed by atoms with Gasteiger partial charge >= 0.3 is 0 Å². The van der Waals surface area contributed by atoms with Crippen LogP contribution in [0.4, 0.5) is 11.4 Å². The molecule has 0 spiro atoms. The van der Waals surface area contributed by atoms with Gasteiger partial charge in [-0.25, -0.2) is 5.32 Å². The fourth-order valence-corrected chi connectivity index (χ4v) is 3.23. The van der Waals surface area contributed by atoms with Crippen LogP contribution < -0.4 is 5.32 Å². The van der Waals surface area contributed by atoms with Gasteiger partial charge in [-0.1, -0.05) is 95.2 Å². The summed E-state index contributed by atoms with van der Waals surface area (Å²) in [5, 5.41) is 5.14. The van der Waals surface area contributed by atoms with Crippen LogP contribution in [0.15, 0.2) is 36.4 Å². The number of hydrogen-bond acceptors (Lipinski definition) is 0. The van der Waals surface area contributed by atoms with E-state index in [0.29, 0.717) is 0 Å². The van der Waals surface area contributed by atoms with E-state index in [1.165, 1.54) is 22.3 Å². The zero-order chi connectivity index (χ0) is 22.4. The molecule has 0 N–H and O–H groups in total. The average Bonchev–Trinajstić information content (AvgIpc) is 2.51. The largest absolute Gasteiger partial charge is 0.249 e. The van der Waals surface area contributed by atoms with Crippen LogP contribution in [0.1, 0.15) is 105 Å². The normalized spacial score (nSPS) is 13.5.